The molecular formula is C54H34N6S. The summed E-state index contributed by atoms with van der Waals surface area (Å²) in [5.74, 6) is 3.46. The van der Waals surface area contributed by atoms with Gasteiger partial charge in [-0.25, -0.2) is 29.9 Å². The van der Waals surface area contributed by atoms with Crippen molar-refractivity contribution in [2.24, 2.45) is 0 Å². The second-order valence-corrected chi connectivity index (χ2v) is 15.7. The monoisotopic (exact) mass is 798 g/mol. The Bertz CT molecular complexity index is 3280. The lowest BCUT2D eigenvalue weighted by Gasteiger charge is -2.15. The van der Waals surface area contributed by atoms with Crippen LogP contribution in [0.5, 0.6) is 0 Å². The van der Waals surface area contributed by atoms with Crippen molar-refractivity contribution in [1.82, 2.24) is 29.9 Å². The third-order valence-electron chi connectivity index (χ3n) is 10.8. The van der Waals surface area contributed by atoms with Crippen molar-refractivity contribution in [3.63, 3.8) is 0 Å². The van der Waals surface area contributed by atoms with E-state index in [4.69, 9.17) is 29.9 Å². The molecular weight excluding hydrogens is 765 g/mol. The Labute approximate surface area is 356 Å². The molecule has 61 heavy (non-hydrogen) atoms. The molecule has 8 aromatic carbocycles. The molecule has 0 N–H and O–H groups in total. The Balaban J connectivity index is 1.14. The summed E-state index contributed by atoms with van der Waals surface area (Å²) in [6, 6.07) is 70.5. The SMILES string of the molecule is c1ccc(-c2ccc(-c3nc(-c4ccccc4)nc(-c4ccc(-c5cccc6c5sc5ccccc56)c(-c5nc(-c6ccccc6)nc(-c6ccccc6)n5)c4)n3)cc2)cc1. The van der Waals surface area contributed by atoms with Gasteiger partial charge < -0.3 is 0 Å². The smallest absolute Gasteiger partial charge is 0.164 e. The number of hydrogen-bond donors (Lipinski definition) is 0. The van der Waals surface area contributed by atoms with E-state index >= 15 is 0 Å². The van der Waals surface area contributed by atoms with E-state index in [1.54, 1.807) is 11.3 Å². The van der Waals surface area contributed by atoms with Gasteiger partial charge in [-0.3, -0.25) is 0 Å². The molecule has 0 unspecified atom stereocenters. The lowest BCUT2D eigenvalue weighted by atomic mass is 9.95. The summed E-state index contributed by atoms with van der Waals surface area (Å²) in [7, 11) is 0. The Morgan fingerprint density at radius 1 is 0.246 bits per heavy atom. The molecule has 11 rings (SSSR count). The second-order valence-electron chi connectivity index (χ2n) is 14.7. The van der Waals surface area contributed by atoms with Gasteiger partial charge in [-0.1, -0.05) is 194 Å². The lowest BCUT2D eigenvalue weighted by Crippen LogP contribution is -2.03. The maximum atomic E-state index is 5.23. The van der Waals surface area contributed by atoms with Crippen LogP contribution in [0, 0.1) is 0 Å². The average Bonchev–Trinajstić information content (AvgIpc) is 3.74. The Morgan fingerprint density at radius 3 is 1.20 bits per heavy atom. The quantitative estimate of drug-likeness (QED) is 0.152. The molecule has 0 radical (unpaired) electrons. The minimum absolute atomic E-state index is 0.546. The Kier molecular flexibility index (Phi) is 9.26. The molecule has 0 fully saturated rings. The van der Waals surface area contributed by atoms with Gasteiger partial charge in [0.15, 0.2) is 34.9 Å². The van der Waals surface area contributed by atoms with Crippen molar-refractivity contribution in [2.45, 2.75) is 0 Å². The van der Waals surface area contributed by atoms with Crippen molar-refractivity contribution in [3.05, 3.63) is 206 Å². The highest BCUT2D eigenvalue weighted by molar-refractivity contribution is 7.26. The predicted octanol–water partition coefficient (Wildman–Crippen LogP) is 13.8. The number of nitrogens with zero attached hydrogens (tertiary/aromatic N) is 6. The highest BCUT2D eigenvalue weighted by atomic mass is 32.1. The summed E-state index contributed by atoms with van der Waals surface area (Å²) in [6.07, 6.45) is 0. The highest BCUT2D eigenvalue weighted by Crippen LogP contribution is 2.43. The molecule has 0 aliphatic carbocycles. The van der Waals surface area contributed by atoms with E-state index in [1.807, 2.05) is 97.1 Å². The van der Waals surface area contributed by atoms with Crippen LogP contribution in [0.4, 0.5) is 0 Å². The molecule has 286 valence electrons. The van der Waals surface area contributed by atoms with Gasteiger partial charge in [0.2, 0.25) is 0 Å². The molecule has 6 nitrogen and oxygen atoms in total. The molecule has 0 bridgehead atoms. The van der Waals surface area contributed by atoms with Gasteiger partial charge in [0.25, 0.3) is 0 Å². The van der Waals surface area contributed by atoms with E-state index in [9.17, 15) is 0 Å². The van der Waals surface area contributed by atoms with Crippen LogP contribution in [-0.4, -0.2) is 29.9 Å². The van der Waals surface area contributed by atoms with Gasteiger partial charge in [0, 0.05) is 59.1 Å². The first-order chi connectivity index (χ1) is 30.2. The second kappa shape index (κ2) is 15.6. The number of fused-ring (bicyclic) bond motifs is 3. The Morgan fingerprint density at radius 2 is 0.639 bits per heavy atom. The van der Waals surface area contributed by atoms with E-state index in [2.05, 4.69) is 109 Å². The summed E-state index contributed by atoms with van der Waals surface area (Å²) < 4.78 is 2.44. The summed E-state index contributed by atoms with van der Waals surface area (Å²) in [4.78, 5) is 30.8. The van der Waals surface area contributed by atoms with Crippen LogP contribution in [-0.2, 0) is 0 Å². The maximum absolute atomic E-state index is 5.23. The molecule has 0 saturated heterocycles. The highest BCUT2D eigenvalue weighted by Gasteiger charge is 2.21. The molecule has 7 heteroatoms. The van der Waals surface area contributed by atoms with Crippen molar-refractivity contribution >= 4 is 31.5 Å². The number of thiophene rings is 1. The normalized spacial score (nSPS) is 11.3. The maximum Gasteiger partial charge on any atom is 0.164 e. The van der Waals surface area contributed by atoms with Gasteiger partial charge >= 0.3 is 0 Å². The van der Waals surface area contributed by atoms with Crippen LogP contribution in [0.3, 0.4) is 0 Å². The molecule has 11 aromatic rings. The standard InChI is InChI=1S/C54H34N6S/c1-5-16-35(17-6-1)36-28-30-40(31-29-36)52-55-49(37-18-7-2-8-19-37)57-53(58-52)41-32-33-42(44-25-15-26-45-43-24-13-14-27-47(43)61-48(44)45)46(34-41)54-59-50(38-20-9-3-10-21-38)56-51(60-54)39-22-11-4-12-23-39/h1-34H. The van der Waals surface area contributed by atoms with Crippen molar-refractivity contribution in [2.75, 3.05) is 0 Å². The molecule has 0 amide bonds. The zero-order chi connectivity index (χ0) is 40.5. The van der Waals surface area contributed by atoms with Gasteiger partial charge in [0.1, 0.15) is 0 Å². The van der Waals surface area contributed by atoms with Gasteiger partial charge in [0.05, 0.1) is 0 Å². The number of aromatic nitrogens is 6. The number of rotatable bonds is 8. The summed E-state index contributed by atoms with van der Waals surface area (Å²) in [5, 5.41) is 2.45. The van der Waals surface area contributed by atoms with E-state index in [0.29, 0.717) is 34.9 Å². The third-order valence-corrected chi connectivity index (χ3v) is 12.0. The van der Waals surface area contributed by atoms with E-state index in [-0.39, 0.29) is 0 Å². The predicted molar refractivity (Wildman–Crippen MR) is 250 cm³/mol. The molecule has 3 aromatic heterocycles. The first kappa shape index (κ1) is 36.1. The average molecular weight is 799 g/mol. The first-order valence-corrected chi connectivity index (χ1v) is 20.9. The summed E-state index contributed by atoms with van der Waals surface area (Å²) in [5.41, 5.74) is 9.63. The number of hydrogen-bond acceptors (Lipinski definition) is 7. The lowest BCUT2D eigenvalue weighted by molar-refractivity contribution is 1.07. The molecule has 3 heterocycles. The molecule has 0 aliphatic rings. The van der Waals surface area contributed by atoms with Crippen LogP contribution in [0.25, 0.3) is 111 Å². The van der Waals surface area contributed by atoms with Crippen molar-refractivity contribution in [1.29, 1.82) is 0 Å². The van der Waals surface area contributed by atoms with Gasteiger partial charge in [-0.15, -0.1) is 11.3 Å². The van der Waals surface area contributed by atoms with Gasteiger partial charge in [-0.2, -0.15) is 0 Å². The van der Waals surface area contributed by atoms with Crippen LogP contribution in [0.2, 0.25) is 0 Å². The van der Waals surface area contributed by atoms with Crippen LogP contribution in [0.15, 0.2) is 206 Å². The van der Waals surface area contributed by atoms with Crippen LogP contribution < -0.4 is 0 Å². The molecule has 0 atom stereocenters. The van der Waals surface area contributed by atoms with E-state index in [1.165, 1.54) is 20.2 Å². The van der Waals surface area contributed by atoms with Gasteiger partial charge in [-0.05, 0) is 28.8 Å². The van der Waals surface area contributed by atoms with E-state index < -0.39 is 0 Å². The minimum Gasteiger partial charge on any atom is -0.208 e. The summed E-state index contributed by atoms with van der Waals surface area (Å²) >= 11 is 1.80. The van der Waals surface area contributed by atoms with Crippen LogP contribution >= 0.6 is 11.3 Å². The van der Waals surface area contributed by atoms with Crippen molar-refractivity contribution in [3.8, 4) is 90.6 Å². The van der Waals surface area contributed by atoms with Crippen molar-refractivity contribution < 1.29 is 0 Å². The largest absolute Gasteiger partial charge is 0.208 e. The van der Waals surface area contributed by atoms with E-state index in [0.717, 1.165) is 55.6 Å². The number of benzene rings is 8. The minimum atomic E-state index is 0.546. The fraction of sp³-hybridized carbons (Fsp3) is 0. The zero-order valence-corrected chi connectivity index (χ0v) is 33.5. The summed E-state index contributed by atoms with van der Waals surface area (Å²) in [6.45, 7) is 0. The Hall–Kier alpha value is -8.00. The zero-order valence-electron chi connectivity index (χ0n) is 32.7. The fourth-order valence-electron chi connectivity index (χ4n) is 7.78. The molecule has 0 spiro atoms. The van der Waals surface area contributed by atoms with Crippen LogP contribution in [0.1, 0.15) is 0 Å². The fourth-order valence-corrected chi connectivity index (χ4v) is 9.01. The first-order valence-electron chi connectivity index (χ1n) is 20.1. The third kappa shape index (κ3) is 7.03. The molecule has 0 aliphatic heterocycles. The topological polar surface area (TPSA) is 77.3 Å². The molecule has 0 saturated carbocycles.